The summed E-state index contributed by atoms with van der Waals surface area (Å²) in [6.45, 7) is 1.61. The van der Waals surface area contributed by atoms with Crippen molar-refractivity contribution in [3.63, 3.8) is 0 Å². The molecule has 2 aromatic rings. The van der Waals surface area contributed by atoms with Crippen molar-refractivity contribution < 1.29 is 30.4 Å². The highest BCUT2D eigenvalue weighted by molar-refractivity contribution is 7.89. The predicted octanol–water partition coefficient (Wildman–Crippen LogP) is 5.21. The van der Waals surface area contributed by atoms with Gasteiger partial charge in [-0.05, 0) is 25.3 Å². The first-order chi connectivity index (χ1) is 13.6. The van der Waals surface area contributed by atoms with E-state index in [1.165, 1.54) is 0 Å². The highest BCUT2D eigenvalue weighted by atomic mass is 32.2. The maximum absolute atomic E-state index is 14.3. The molecule has 3 nitrogen and oxygen atoms in total. The minimum Gasteiger partial charge on any atom is -0.207 e. The molecule has 158 valence electrons. The number of hydrogen-bond donors (Lipinski definition) is 0. The van der Waals surface area contributed by atoms with Crippen molar-refractivity contribution >= 4 is 10.0 Å². The molecule has 0 saturated heterocycles. The standard InChI is InChI=1S/C20H20F5NO2S/c1-12-7-9-13(10-8-12)11-26(14-5-3-2-4-6-14)29(27,28)20-18(24)16(22)15(21)17(23)19(20)25/h7-10,14H,2-6,11H2,1H3. The van der Waals surface area contributed by atoms with E-state index in [0.717, 1.165) is 16.3 Å². The number of hydrogen-bond acceptors (Lipinski definition) is 2. The summed E-state index contributed by atoms with van der Waals surface area (Å²) in [6.07, 6.45) is 3.20. The average molecular weight is 433 g/mol. The maximum Gasteiger partial charge on any atom is 0.249 e. The van der Waals surface area contributed by atoms with Crippen LogP contribution < -0.4 is 0 Å². The highest BCUT2D eigenvalue weighted by Gasteiger charge is 2.40. The van der Waals surface area contributed by atoms with Crippen molar-refractivity contribution in [2.45, 2.75) is 56.5 Å². The lowest BCUT2D eigenvalue weighted by Crippen LogP contribution is -2.41. The molecule has 1 aliphatic carbocycles. The van der Waals surface area contributed by atoms with Crippen LogP contribution in [0.25, 0.3) is 0 Å². The van der Waals surface area contributed by atoms with E-state index < -0.39 is 50.0 Å². The first-order valence-electron chi connectivity index (χ1n) is 9.23. The minimum atomic E-state index is -5.00. The summed E-state index contributed by atoms with van der Waals surface area (Å²) in [6, 6.07) is 6.24. The second-order valence-electron chi connectivity index (χ2n) is 7.23. The number of halogens is 5. The number of aryl methyl sites for hydroxylation is 1. The van der Waals surface area contributed by atoms with E-state index in [4.69, 9.17) is 0 Å². The lowest BCUT2D eigenvalue weighted by molar-refractivity contribution is 0.244. The van der Waals surface area contributed by atoms with Gasteiger partial charge in [-0.3, -0.25) is 0 Å². The lowest BCUT2D eigenvalue weighted by Gasteiger charge is -2.33. The Kier molecular flexibility index (Phi) is 6.28. The van der Waals surface area contributed by atoms with Gasteiger partial charge in [0.2, 0.25) is 15.8 Å². The van der Waals surface area contributed by atoms with Crippen molar-refractivity contribution in [3.8, 4) is 0 Å². The molecular weight excluding hydrogens is 413 g/mol. The zero-order valence-electron chi connectivity index (χ0n) is 15.7. The van der Waals surface area contributed by atoms with Gasteiger partial charge in [-0.2, -0.15) is 4.31 Å². The first-order valence-corrected chi connectivity index (χ1v) is 10.7. The van der Waals surface area contributed by atoms with E-state index in [0.29, 0.717) is 31.2 Å². The van der Waals surface area contributed by atoms with Crippen molar-refractivity contribution in [2.24, 2.45) is 0 Å². The molecule has 3 rings (SSSR count). The Hall–Kier alpha value is -2.00. The Morgan fingerprint density at radius 3 is 1.83 bits per heavy atom. The summed E-state index contributed by atoms with van der Waals surface area (Å²) in [5, 5.41) is 0. The Labute approximate surface area is 166 Å². The van der Waals surface area contributed by atoms with Crippen LogP contribution >= 0.6 is 0 Å². The summed E-state index contributed by atoms with van der Waals surface area (Å²) in [5.74, 6) is -11.6. The Balaban J connectivity index is 2.12. The van der Waals surface area contributed by atoms with Crippen LogP contribution in [0.2, 0.25) is 0 Å². The Morgan fingerprint density at radius 1 is 0.828 bits per heavy atom. The van der Waals surface area contributed by atoms with E-state index in [-0.39, 0.29) is 6.54 Å². The topological polar surface area (TPSA) is 37.4 Å². The molecule has 0 spiro atoms. The van der Waals surface area contributed by atoms with Gasteiger partial charge in [0.25, 0.3) is 0 Å². The molecular formula is C20H20F5NO2S. The molecule has 0 unspecified atom stereocenters. The van der Waals surface area contributed by atoms with Crippen LogP contribution in [0.1, 0.15) is 43.2 Å². The third kappa shape index (κ3) is 4.16. The zero-order valence-corrected chi connectivity index (χ0v) is 16.5. The zero-order chi connectivity index (χ0) is 21.3. The van der Waals surface area contributed by atoms with Crippen LogP contribution in [0.3, 0.4) is 0 Å². The molecule has 0 aromatic heterocycles. The molecule has 9 heteroatoms. The van der Waals surface area contributed by atoms with Gasteiger partial charge in [-0.15, -0.1) is 0 Å². The molecule has 1 fully saturated rings. The van der Waals surface area contributed by atoms with Gasteiger partial charge in [0.05, 0.1) is 0 Å². The Morgan fingerprint density at radius 2 is 1.31 bits per heavy atom. The van der Waals surface area contributed by atoms with Crippen molar-refractivity contribution in [2.75, 3.05) is 0 Å². The average Bonchev–Trinajstić information content (AvgIpc) is 2.70. The molecule has 1 aliphatic rings. The van der Waals surface area contributed by atoms with E-state index in [1.807, 2.05) is 6.92 Å². The van der Waals surface area contributed by atoms with Crippen LogP contribution in [0.4, 0.5) is 22.0 Å². The van der Waals surface area contributed by atoms with E-state index in [1.54, 1.807) is 24.3 Å². The van der Waals surface area contributed by atoms with Crippen LogP contribution in [0, 0.1) is 36.0 Å². The van der Waals surface area contributed by atoms with Crippen molar-refractivity contribution in [3.05, 3.63) is 64.5 Å². The summed E-state index contributed by atoms with van der Waals surface area (Å²) in [4.78, 5) is -1.80. The Bertz CT molecular complexity index is 974. The second kappa shape index (κ2) is 8.39. The largest absolute Gasteiger partial charge is 0.249 e. The quantitative estimate of drug-likeness (QED) is 0.369. The normalized spacial score (nSPS) is 15.8. The highest BCUT2D eigenvalue weighted by Crippen LogP contribution is 2.34. The fourth-order valence-electron chi connectivity index (χ4n) is 3.58. The molecule has 29 heavy (non-hydrogen) atoms. The summed E-state index contributed by atoms with van der Waals surface area (Å²) in [5.41, 5.74) is 1.48. The van der Waals surface area contributed by atoms with E-state index in [2.05, 4.69) is 0 Å². The van der Waals surface area contributed by atoms with Crippen LogP contribution in [0.15, 0.2) is 29.2 Å². The summed E-state index contributed by atoms with van der Waals surface area (Å²) in [7, 11) is -5.00. The number of nitrogens with zero attached hydrogens (tertiary/aromatic N) is 1. The molecule has 0 bridgehead atoms. The second-order valence-corrected chi connectivity index (χ2v) is 9.05. The van der Waals surface area contributed by atoms with Gasteiger partial charge in [-0.1, -0.05) is 49.1 Å². The van der Waals surface area contributed by atoms with Crippen molar-refractivity contribution in [1.82, 2.24) is 4.31 Å². The molecule has 0 N–H and O–H groups in total. The fraction of sp³-hybridized carbons (Fsp3) is 0.400. The third-order valence-electron chi connectivity index (χ3n) is 5.18. The fourth-order valence-corrected chi connectivity index (χ4v) is 5.37. The van der Waals surface area contributed by atoms with E-state index >= 15 is 0 Å². The molecule has 0 atom stereocenters. The van der Waals surface area contributed by atoms with Crippen LogP contribution in [-0.2, 0) is 16.6 Å². The molecule has 0 aliphatic heterocycles. The van der Waals surface area contributed by atoms with Gasteiger partial charge in [-0.25, -0.2) is 30.4 Å². The number of benzene rings is 2. The maximum atomic E-state index is 14.3. The SMILES string of the molecule is Cc1ccc(CN(C2CCCCC2)S(=O)(=O)c2c(F)c(F)c(F)c(F)c2F)cc1. The molecule has 0 heterocycles. The summed E-state index contributed by atoms with van der Waals surface area (Å²) < 4.78 is 96.5. The van der Waals surface area contributed by atoms with Gasteiger partial charge < -0.3 is 0 Å². The summed E-state index contributed by atoms with van der Waals surface area (Å²) >= 11 is 0. The van der Waals surface area contributed by atoms with Gasteiger partial charge in [0.1, 0.15) is 0 Å². The number of rotatable bonds is 5. The third-order valence-corrected chi connectivity index (χ3v) is 7.10. The van der Waals surface area contributed by atoms with Crippen LogP contribution in [0.5, 0.6) is 0 Å². The molecule has 0 radical (unpaired) electrons. The van der Waals surface area contributed by atoms with Gasteiger partial charge >= 0.3 is 0 Å². The van der Waals surface area contributed by atoms with Gasteiger partial charge in [0, 0.05) is 12.6 Å². The lowest BCUT2D eigenvalue weighted by atomic mass is 9.95. The molecule has 0 amide bonds. The monoisotopic (exact) mass is 433 g/mol. The van der Waals surface area contributed by atoms with Crippen molar-refractivity contribution in [1.29, 1.82) is 0 Å². The van der Waals surface area contributed by atoms with E-state index in [9.17, 15) is 30.4 Å². The predicted molar refractivity (Wildman–Crippen MR) is 97.0 cm³/mol. The molecule has 1 saturated carbocycles. The smallest absolute Gasteiger partial charge is 0.207 e. The van der Waals surface area contributed by atoms with Crippen LogP contribution in [-0.4, -0.2) is 18.8 Å². The van der Waals surface area contributed by atoms with Gasteiger partial charge in [0.15, 0.2) is 28.2 Å². The minimum absolute atomic E-state index is 0.229. The molecule has 2 aromatic carbocycles. The first kappa shape index (κ1) is 21.7. The number of sulfonamides is 1.